The number of sulfonamides is 2. The summed E-state index contributed by atoms with van der Waals surface area (Å²) < 4.78 is 69.7. The van der Waals surface area contributed by atoms with Crippen molar-refractivity contribution in [2.24, 2.45) is 5.73 Å². The Morgan fingerprint density at radius 1 is 0.951 bits per heavy atom. The van der Waals surface area contributed by atoms with E-state index in [0.717, 1.165) is 43.9 Å². The number of aromatic nitrogens is 10. The lowest BCUT2D eigenvalue weighted by Crippen LogP contribution is -2.44. The summed E-state index contributed by atoms with van der Waals surface area (Å²) in [5, 5.41) is 3.38. The lowest BCUT2D eigenvalue weighted by atomic mass is 10.1. The van der Waals surface area contributed by atoms with Gasteiger partial charge in [0.25, 0.3) is 0 Å². The van der Waals surface area contributed by atoms with E-state index in [0.29, 0.717) is 71.7 Å². The Morgan fingerprint density at radius 3 is 2.39 bits per heavy atom. The van der Waals surface area contributed by atoms with Gasteiger partial charge in [-0.1, -0.05) is 19.6 Å². The summed E-state index contributed by atoms with van der Waals surface area (Å²) in [6, 6.07) is 8.13. The molecule has 19 nitrogen and oxygen atoms in total. The number of aromatic amines is 1. The average Bonchev–Trinajstić information content (AvgIpc) is 3.86. The second-order valence-corrected chi connectivity index (χ2v) is 25.5. The minimum absolute atomic E-state index is 0.00373. The molecule has 326 valence electrons. The summed E-state index contributed by atoms with van der Waals surface area (Å²) in [4.78, 5) is 36.9. The Morgan fingerprint density at radius 2 is 1.69 bits per heavy atom. The van der Waals surface area contributed by atoms with Gasteiger partial charge in [-0.2, -0.15) is 12.8 Å². The fourth-order valence-corrected chi connectivity index (χ4v) is 8.93. The van der Waals surface area contributed by atoms with Crippen LogP contribution < -0.4 is 11.1 Å². The molecule has 0 aromatic carbocycles. The number of hydrogen-bond acceptors (Lipinski definition) is 15. The first-order valence-corrected chi connectivity index (χ1v) is 27.1. The molecule has 2 atom stereocenters. The van der Waals surface area contributed by atoms with Crippen molar-refractivity contribution in [1.29, 1.82) is 0 Å². The van der Waals surface area contributed by atoms with Gasteiger partial charge in [-0.3, -0.25) is 4.57 Å². The zero-order valence-electron chi connectivity index (χ0n) is 34.8. The number of halogens is 1. The Balaban J connectivity index is 0.000000165. The standard InChI is InChI=1S/C16H20FN5OSi.C16H19N7O2S.C6H13N2O2S/c1-24(2,3)8-7-23-11-22-10-20-15-16(22)19-9-13(21-15)12-5-4-6-18-14(12)17;1-26(24,25)23-7-3-4-11(9-23)21-14-12(5-2-6-17-14)13-8-18-15-16(22-13)20-10-19-15;1-11(9,10)8-4-2-3-6(7)5-8/h4-6,9-10H,7-8,11H2,1-3H3;2,5-6,8,10-11H,3-4,7,9H2,1H3,(H,17,21)(H,18,19,20,22);4,6H,2-3,5,7H2,1H3/q;;+1/t;11-;/m.0./s1. The second kappa shape index (κ2) is 19.7. The molecule has 4 N–H and O–H groups in total. The summed E-state index contributed by atoms with van der Waals surface area (Å²) in [5.74, 6) is 0.0984. The van der Waals surface area contributed by atoms with Crippen LogP contribution in [0.5, 0.6) is 0 Å². The van der Waals surface area contributed by atoms with Crippen LogP contribution in [-0.2, 0) is 31.5 Å². The SMILES string of the molecule is CS(=O)(=O)N1CCC[C@H](Nc2ncccc2-c2cnc3nc[nH]c3n2)C1.CS(=O)(=O)[N+]1=CCCC(N)C1.C[Si](C)(C)CCOCn1cnc2nc(-c3cccnc3F)cnc21. The third-order valence-electron chi connectivity index (χ3n) is 9.72. The van der Waals surface area contributed by atoms with E-state index < -0.39 is 34.1 Å². The van der Waals surface area contributed by atoms with Crippen LogP contribution in [0.15, 0.2) is 61.7 Å². The van der Waals surface area contributed by atoms with Gasteiger partial charge >= 0.3 is 10.0 Å². The van der Waals surface area contributed by atoms with Crippen molar-refractivity contribution in [3.63, 3.8) is 0 Å². The number of piperidine rings is 1. The largest absolute Gasteiger partial charge is 0.365 e. The molecule has 23 heteroatoms. The van der Waals surface area contributed by atoms with E-state index in [2.05, 4.69) is 69.8 Å². The van der Waals surface area contributed by atoms with Crippen molar-refractivity contribution in [3.8, 4) is 22.5 Å². The zero-order chi connectivity index (χ0) is 43.8. The molecule has 2 aliphatic rings. The van der Waals surface area contributed by atoms with Gasteiger partial charge in [0, 0.05) is 58.2 Å². The maximum Gasteiger partial charge on any atom is 0.361 e. The molecule has 1 fully saturated rings. The van der Waals surface area contributed by atoms with Gasteiger partial charge in [0.05, 0.1) is 54.2 Å². The van der Waals surface area contributed by atoms with Crippen LogP contribution in [0.1, 0.15) is 25.7 Å². The highest BCUT2D eigenvalue weighted by Gasteiger charge is 2.27. The predicted octanol–water partition coefficient (Wildman–Crippen LogP) is 3.74. The Bertz CT molecular complexity index is 2690. The normalized spacial score (nSPS) is 17.5. The van der Waals surface area contributed by atoms with Crippen LogP contribution in [0.4, 0.5) is 10.2 Å². The van der Waals surface area contributed by atoms with Crippen molar-refractivity contribution < 1.29 is 29.9 Å². The number of H-pyrrole nitrogens is 1. The smallest absolute Gasteiger partial charge is 0.361 e. The molecule has 8 heterocycles. The van der Waals surface area contributed by atoms with Crippen molar-refractivity contribution >= 4 is 62.7 Å². The highest BCUT2D eigenvalue weighted by molar-refractivity contribution is 7.88. The number of ether oxygens (including phenoxy) is 1. The predicted molar refractivity (Wildman–Crippen MR) is 234 cm³/mol. The van der Waals surface area contributed by atoms with Crippen LogP contribution in [0.25, 0.3) is 45.1 Å². The molecule has 0 bridgehead atoms. The third-order valence-corrected chi connectivity index (χ3v) is 13.8. The van der Waals surface area contributed by atoms with Gasteiger partial charge in [0.15, 0.2) is 35.3 Å². The van der Waals surface area contributed by atoms with E-state index in [-0.39, 0.29) is 12.1 Å². The molecular weight excluding hydrogens is 844 g/mol. The Hall–Kier alpha value is -5.20. The molecule has 6 aromatic heterocycles. The first-order valence-electron chi connectivity index (χ1n) is 19.7. The topological polar surface area (TPSA) is 246 Å². The fourth-order valence-electron chi connectivity index (χ4n) is 6.42. The van der Waals surface area contributed by atoms with E-state index in [1.807, 2.05) is 12.1 Å². The highest BCUT2D eigenvalue weighted by Crippen LogP contribution is 2.27. The number of anilines is 1. The van der Waals surface area contributed by atoms with E-state index in [4.69, 9.17) is 10.5 Å². The molecule has 0 spiro atoms. The van der Waals surface area contributed by atoms with Crippen LogP contribution >= 0.6 is 0 Å². The number of nitrogens with one attached hydrogen (secondary N) is 2. The van der Waals surface area contributed by atoms with Crippen LogP contribution in [0.3, 0.4) is 0 Å². The maximum absolute atomic E-state index is 13.8. The van der Waals surface area contributed by atoms with Crippen LogP contribution in [-0.4, -0.2) is 140 Å². The van der Waals surface area contributed by atoms with E-state index in [1.54, 1.807) is 48.0 Å². The second-order valence-electron chi connectivity index (χ2n) is 16.0. The number of hydrogen-bond donors (Lipinski definition) is 3. The quantitative estimate of drug-likeness (QED) is 0.0726. The maximum atomic E-state index is 13.8. The molecule has 0 amide bonds. The summed E-state index contributed by atoms with van der Waals surface area (Å²) >= 11 is 0. The molecule has 8 rings (SSSR count). The summed E-state index contributed by atoms with van der Waals surface area (Å²) in [5.41, 5.74) is 10.1. The van der Waals surface area contributed by atoms with Crippen molar-refractivity contribution in [2.75, 3.05) is 44.1 Å². The van der Waals surface area contributed by atoms with Gasteiger partial charge in [0.2, 0.25) is 16.0 Å². The molecule has 61 heavy (non-hydrogen) atoms. The monoisotopic (exact) mass is 895 g/mol. The van der Waals surface area contributed by atoms with Crippen LogP contribution in [0.2, 0.25) is 25.7 Å². The van der Waals surface area contributed by atoms with Gasteiger partial charge in [-0.15, -0.1) is 3.98 Å². The molecule has 1 saturated heterocycles. The summed E-state index contributed by atoms with van der Waals surface area (Å²) in [6.07, 6.45) is 17.0. The lowest BCUT2D eigenvalue weighted by Gasteiger charge is -2.32. The molecule has 0 aliphatic carbocycles. The minimum atomic E-state index is -3.19. The molecule has 6 aromatic rings. The Labute approximate surface area is 355 Å². The van der Waals surface area contributed by atoms with Gasteiger partial charge in [-0.05, 0) is 49.6 Å². The van der Waals surface area contributed by atoms with E-state index in [1.165, 1.54) is 33.2 Å². The first kappa shape index (κ1) is 45.3. The number of pyridine rings is 2. The number of imidazole rings is 2. The number of fused-ring (bicyclic) bond motifs is 2. The molecule has 2 aliphatic heterocycles. The van der Waals surface area contributed by atoms with Gasteiger partial charge < -0.3 is 20.8 Å². The Kier molecular flexibility index (Phi) is 14.6. The number of rotatable bonds is 11. The summed E-state index contributed by atoms with van der Waals surface area (Å²) in [6.45, 7) is 9.47. The van der Waals surface area contributed by atoms with Crippen molar-refractivity contribution in [1.82, 2.24) is 53.7 Å². The van der Waals surface area contributed by atoms with Gasteiger partial charge in [-0.25, -0.2) is 52.6 Å². The molecule has 0 saturated carbocycles. The molecule has 0 radical (unpaired) electrons. The minimum Gasteiger partial charge on any atom is -0.365 e. The first-order chi connectivity index (χ1) is 28.9. The third kappa shape index (κ3) is 12.7. The zero-order valence-corrected chi connectivity index (χ0v) is 37.4. The average molecular weight is 896 g/mol. The van der Waals surface area contributed by atoms with Crippen LogP contribution in [0, 0.1) is 5.95 Å². The highest BCUT2D eigenvalue weighted by atomic mass is 32.2. The van der Waals surface area contributed by atoms with Gasteiger partial charge in [0.1, 0.15) is 18.9 Å². The summed E-state index contributed by atoms with van der Waals surface area (Å²) in [7, 11) is -7.36. The molecular formula is C38H52FN14O5S2Si+. The van der Waals surface area contributed by atoms with Crippen molar-refractivity contribution in [2.45, 2.75) is 70.2 Å². The lowest BCUT2D eigenvalue weighted by molar-refractivity contribution is -0.370. The van der Waals surface area contributed by atoms with E-state index in [9.17, 15) is 21.2 Å². The molecule has 1 unspecified atom stereocenters. The van der Waals surface area contributed by atoms with Crippen molar-refractivity contribution in [3.05, 3.63) is 67.7 Å². The van der Waals surface area contributed by atoms with E-state index >= 15 is 0 Å². The fraction of sp³-hybridized carbons (Fsp3) is 0.447. The number of nitrogens with zero attached hydrogens (tertiary/aromatic N) is 11. The number of nitrogens with two attached hydrogens (primary N) is 1.